The molecule has 0 aromatic carbocycles. The third kappa shape index (κ3) is 3.54. The van der Waals surface area contributed by atoms with Gasteiger partial charge in [-0.15, -0.1) is 0 Å². The van der Waals surface area contributed by atoms with Crippen LogP contribution in [0.2, 0.25) is 0 Å². The van der Waals surface area contributed by atoms with E-state index in [0.717, 1.165) is 30.6 Å². The second kappa shape index (κ2) is 8.24. The number of esters is 1. The molecule has 1 aliphatic heterocycles. The number of furan rings is 1. The zero-order valence-electron chi connectivity index (χ0n) is 22.3. The van der Waals surface area contributed by atoms with Crippen LogP contribution in [0, 0.1) is 40.9 Å². The number of carbonyl (C=O) groups is 2. The standard InChI is InChI=1S/C30H42O5/c1-17(13-20-14-18(2)27(33)35-20)21-9-10-30(6)24-15-23-26(19(3)16-34-23)22(7-8-25(31)32)28(24,4)11-12-29(21,30)5/h14,16-17,20-22,24H,7-13,15H2,1-6H3,(H,31,32). The van der Waals surface area contributed by atoms with Crippen molar-refractivity contribution >= 4 is 11.9 Å². The third-order valence-corrected chi connectivity index (χ3v) is 11.4. The molecule has 3 aliphatic carbocycles. The van der Waals surface area contributed by atoms with Crippen molar-refractivity contribution in [3.05, 3.63) is 34.8 Å². The summed E-state index contributed by atoms with van der Waals surface area (Å²) in [5, 5.41) is 9.52. The fraction of sp³-hybridized carbons (Fsp3) is 0.733. The van der Waals surface area contributed by atoms with Gasteiger partial charge in [-0.25, -0.2) is 4.79 Å². The van der Waals surface area contributed by atoms with Gasteiger partial charge in [0.05, 0.1) is 6.26 Å². The molecule has 0 spiro atoms. The van der Waals surface area contributed by atoms with Crippen molar-refractivity contribution in [2.24, 2.45) is 34.0 Å². The Morgan fingerprint density at radius 3 is 2.57 bits per heavy atom. The van der Waals surface area contributed by atoms with Crippen molar-refractivity contribution in [2.75, 3.05) is 0 Å². The zero-order valence-corrected chi connectivity index (χ0v) is 22.3. The van der Waals surface area contributed by atoms with Gasteiger partial charge in [0, 0.05) is 24.0 Å². The quantitative estimate of drug-likeness (QED) is 0.450. The molecule has 1 N–H and O–H groups in total. The largest absolute Gasteiger partial charge is 0.481 e. The minimum absolute atomic E-state index is 0.0737. The summed E-state index contributed by atoms with van der Waals surface area (Å²) in [4.78, 5) is 23.5. The summed E-state index contributed by atoms with van der Waals surface area (Å²) in [6.07, 6.45) is 11.2. The summed E-state index contributed by atoms with van der Waals surface area (Å²) in [6.45, 7) is 13.8. The molecule has 0 bridgehead atoms. The lowest BCUT2D eigenvalue weighted by molar-refractivity contribution is -0.144. The van der Waals surface area contributed by atoms with Crippen LogP contribution in [0.3, 0.4) is 0 Å². The van der Waals surface area contributed by atoms with E-state index < -0.39 is 5.97 Å². The van der Waals surface area contributed by atoms with E-state index in [9.17, 15) is 14.7 Å². The molecule has 2 heterocycles. The number of aryl methyl sites for hydroxylation is 1. The van der Waals surface area contributed by atoms with Gasteiger partial charge in [-0.3, -0.25) is 4.79 Å². The van der Waals surface area contributed by atoms with Gasteiger partial charge in [-0.05, 0) is 104 Å². The molecule has 5 heteroatoms. The lowest BCUT2D eigenvalue weighted by atomic mass is 9.40. The van der Waals surface area contributed by atoms with Gasteiger partial charge in [0.1, 0.15) is 11.9 Å². The number of carbonyl (C=O) groups excluding carboxylic acids is 1. The lowest BCUT2D eigenvalue weighted by Gasteiger charge is -2.64. The highest BCUT2D eigenvalue weighted by Gasteiger charge is 2.67. The lowest BCUT2D eigenvalue weighted by Crippen LogP contribution is -2.57. The van der Waals surface area contributed by atoms with Crippen LogP contribution in [0.5, 0.6) is 0 Å². The van der Waals surface area contributed by atoms with Gasteiger partial charge < -0.3 is 14.3 Å². The third-order valence-electron chi connectivity index (χ3n) is 11.4. The minimum atomic E-state index is -0.711. The van der Waals surface area contributed by atoms with Crippen LogP contribution in [0.1, 0.15) is 102 Å². The van der Waals surface area contributed by atoms with Gasteiger partial charge in [0.2, 0.25) is 0 Å². The van der Waals surface area contributed by atoms with Crippen LogP contribution in [0.4, 0.5) is 0 Å². The first-order valence-electron chi connectivity index (χ1n) is 13.6. The van der Waals surface area contributed by atoms with Crippen molar-refractivity contribution in [3.8, 4) is 0 Å². The number of hydrogen-bond acceptors (Lipinski definition) is 4. The summed E-state index contributed by atoms with van der Waals surface area (Å²) in [6, 6.07) is 0. The summed E-state index contributed by atoms with van der Waals surface area (Å²) in [5.74, 6) is 1.97. The highest BCUT2D eigenvalue weighted by molar-refractivity contribution is 5.90. The zero-order chi connectivity index (χ0) is 25.3. The average Bonchev–Trinajstić information content (AvgIpc) is 3.39. The Bertz CT molecular complexity index is 1070. The van der Waals surface area contributed by atoms with Crippen molar-refractivity contribution in [2.45, 2.75) is 105 Å². The number of hydrogen-bond donors (Lipinski definition) is 1. The van der Waals surface area contributed by atoms with Gasteiger partial charge in [-0.2, -0.15) is 0 Å². The Hall–Kier alpha value is -2.04. The predicted octanol–water partition coefficient (Wildman–Crippen LogP) is 6.83. The Kier molecular flexibility index (Phi) is 5.80. The van der Waals surface area contributed by atoms with Crippen LogP contribution in [0.15, 0.2) is 22.3 Å². The maximum absolute atomic E-state index is 11.9. The summed E-state index contributed by atoms with van der Waals surface area (Å²) < 4.78 is 11.7. The topological polar surface area (TPSA) is 76.7 Å². The Labute approximate surface area is 209 Å². The van der Waals surface area contributed by atoms with E-state index in [1.165, 1.54) is 30.4 Å². The highest BCUT2D eigenvalue weighted by atomic mass is 16.5. The van der Waals surface area contributed by atoms with Crippen molar-refractivity contribution in [1.82, 2.24) is 0 Å². The van der Waals surface area contributed by atoms with Gasteiger partial charge >= 0.3 is 11.9 Å². The fourth-order valence-electron chi connectivity index (χ4n) is 9.39. The van der Waals surface area contributed by atoms with E-state index in [1.807, 2.05) is 19.3 Å². The smallest absolute Gasteiger partial charge is 0.334 e. The number of cyclic esters (lactones) is 1. The van der Waals surface area contributed by atoms with Crippen LogP contribution in [-0.4, -0.2) is 23.1 Å². The molecular weight excluding hydrogens is 440 g/mol. The number of carboxylic acid groups (broad SMARTS) is 1. The molecule has 5 nitrogen and oxygen atoms in total. The first-order valence-corrected chi connectivity index (χ1v) is 13.6. The molecule has 0 saturated heterocycles. The molecule has 0 radical (unpaired) electrons. The second-order valence-electron chi connectivity index (χ2n) is 13.0. The predicted molar refractivity (Wildman–Crippen MR) is 134 cm³/mol. The van der Waals surface area contributed by atoms with Crippen LogP contribution >= 0.6 is 0 Å². The van der Waals surface area contributed by atoms with Gasteiger partial charge in [0.25, 0.3) is 0 Å². The number of rotatable bonds is 6. The molecule has 4 aliphatic rings. The van der Waals surface area contributed by atoms with E-state index in [4.69, 9.17) is 9.15 Å². The Morgan fingerprint density at radius 2 is 1.91 bits per heavy atom. The molecule has 2 saturated carbocycles. The summed E-state index contributed by atoms with van der Waals surface area (Å²) >= 11 is 0. The second-order valence-corrected chi connectivity index (χ2v) is 13.0. The normalized spacial score (nSPS) is 41.0. The van der Waals surface area contributed by atoms with E-state index in [-0.39, 0.29) is 40.7 Å². The average molecular weight is 483 g/mol. The van der Waals surface area contributed by atoms with Crippen molar-refractivity contribution in [1.29, 1.82) is 0 Å². The number of ether oxygens (including phenoxy) is 1. The Morgan fingerprint density at radius 1 is 1.17 bits per heavy atom. The number of fused-ring (bicyclic) bond motifs is 4. The number of carboxylic acids is 1. The first-order chi connectivity index (χ1) is 16.4. The Balaban J connectivity index is 1.45. The molecule has 35 heavy (non-hydrogen) atoms. The maximum atomic E-state index is 11.9. The summed E-state index contributed by atoms with van der Waals surface area (Å²) in [5.41, 5.74) is 3.65. The van der Waals surface area contributed by atoms with Crippen molar-refractivity contribution < 1.29 is 23.8 Å². The molecule has 2 fully saturated rings. The maximum Gasteiger partial charge on any atom is 0.334 e. The highest BCUT2D eigenvalue weighted by Crippen LogP contribution is 2.74. The first kappa shape index (κ1) is 24.6. The van der Waals surface area contributed by atoms with E-state index in [2.05, 4.69) is 34.6 Å². The molecule has 1 aromatic heterocycles. The van der Waals surface area contributed by atoms with Gasteiger partial charge in [-0.1, -0.05) is 27.7 Å². The minimum Gasteiger partial charge on any atom is -0.481 e. The van der Waals surface area contributed by atoms with E-state index in [0.29, 0.717) is 24.2 Å². The van der Waals surface area contributed by atoms with E-state index in [1.54, 1.807) is 0 Å². The molecule has 8 unspecified atom stereocenters. The summed E-state index contributed by atoms with van der Waals surface area (Å²) in [7, 11) is 0. The fourth-order valence-corrected chi connectivity index (χ4v) is 9.39. The van der Waals surface area contributed by atoms with Gasteiger partial charge in [0.15, 0.2) is 0 Å². The van der Waals surface area contributed by atoms with Crippen molar-refractivity contribution in [3.63, 3.8) is 0 Å². The number of aliphatic carboxylic acids is 1. The van der Waals surface area contributed by atoms with Crippen LogP contribution < -0.4 is 0 Å². The van der Waals surface area contributed by atoms with Crippen LogP contribution in [0.25, 0.3) is 0 Å². The molecule has 5 rings (SSSR count). The molecule has 8 atom stereocenters. The molecule has 192 valence electrons. The van der Waals surface area contributed by atoms with E-state index >= 15 is 0 Å². The van der Waals surface area contributed by atoms with Crippen LogP contribution in [-0.2, 0) is 20.7 Å². The molecule has 0 amide bonds. The molecular formula is C30H42O5. The monoisotopic (exact) mass is 482 g/mol. The SMILES string of the molecule is CC1=CC(CC(C)C2CCC3(C)C4Cc5occ(C)c5C(CCC(=O)O)C4(C)CCC23C)OC1=O. The molecule has 1 aromatic rings.